The normalized spacial score (nSPS) is 14.7. The highest BCUT2D eigenvalue weighted by molar-refractivity contribution is 7.45. The SMILES string of the molecule is CC/C=C\C/C=C\C/C=C\C/C=C\C/C=C\CCCC(=O)OC(COCCCCCCCC/C=C\C/C=C\CCCCC)COP(=O)([O-])OCC[N+](C)(C)C. The number of nitrogens with zero attached hydrogens (tertiary/aromatic N) is 1. The van der Waals surface area contributed by atoms with Crippen molar-refractivity contribution in [2.45, 2.75) is 148 Å². The first-order chi connectivity index (χ1) is 26.6. The lowest BCUT2D eigenvalue weighted by molar-refractivity contribution is -0.870. The fourth-order valence-corrected chi connectivity index (χ4v) is 5.87. The van der Waals surface area contributed by atoms with Crippen LogP contribution in [0.3, 0.4) is 0 Å². The lowest BCUT2D eigenvalue weighted by Crippen LogP contribution is -2.37. The minimum absolute atomic E-state index is 0.00852. The van der Waals surface area contributed by atoms with Gasteiger partial charge in [0.05, 0.1) is 34.4 Å². The molecule has 0 fully saturated rings. The Labute approximate surface area is 337 Å². The average Bonchev–Trinajstić information content (AvgIpc) is 3.13. The van der Waals surface area contributed by atoms with Gasteiger partial charge in [-0.15, -0.1) is 0 Å². The summed E-state index contributed by atoms with van der Waals surface area (Å²) in [6.45, 7) is 5.14. The second-order valence-electron chi connectivity index (χ2n) is 15.0. The Morgan fingerprint density at radius 1 is 0.582 bits per heavy atom. The lowest BCUT2D eigenvalue weighted by Gasteiger charge is -2.28. The maximum atomic E-state index is 12.6. The van der Waals surface area contributed by atoms with E-state index < -0.39 is 19.9 Å². The zero-order chi connectivity index (χ0) is 40.6. The first-order valence-electron chi connectivity index (χ1n) is 21.3. The van der Waals surface area contributed by atoms with Crippen LogP contribution < -0.4 is 4.89 Å². The van der Waals surface area contributed by atoms with Gasteiger partial charge >= 0.3 is 5.97 Å². The fourth-order valence-electron chi connectivity index (χ4n) is 5.14. The molecule has 0 radical (unpaired) electrons. The Morgan fingerprint density at radius 3 is 1.58 bits per heavy atom. The van der Waals surface area contributed by atoms with Crippen molar-refractivity contribution in [3.63, 3.8) is 0 Å². The van der Waals surface area contributed by atoms with Crippen LogP contribution in [0.2, 0.25) is 0 Å². The van der Waals surface area contributed by atoms with Crippen molar-refractivity contribution in [3.8, 4) is 0 Å². The van der Waals surface area contributed by atoms with Gasteiger partial charge in [0.1, 0.15) is 19.3 Å². The van der Waals surface area contributed by atoms with Crippen molar-refractivity contribution in [2.24, 2.45) is 0 Å². The first kappa shape index (κ1) is 52.7. The molecular weight excluding hydrogens is 709 g/mol. The largest absolute Gasteiger partial charge is 0.756 e. The van der Waals surface area contributed by atoms with E-state index in [1.807, 2.05) is 21.1 Å². The average molecular weight is 790 g/mol. The van der Waals surface area contributed by atoms with E-state index in [0.29, 0.717) is 24.1 Å². The van der Waals surface area contributed by atoms with E-state index in [2.05, 4.69) is 98.9 Å². The van der Waals surface area contributed by atoms with E-state index in [9.17, 15) is 14.3 Å². The molecule has 0 amide bonds. The molecule has 0 aromatic carbocycles. The van der Waals surface area contributed by atoms with Crippen LogP contribution >= 0.6 is 7.82 Å². The van der Waals surface area contributed by atoms with Gasteiger partial charge in [0.25, 0.3) is 7.82 Å². The summed E-state index contributed by atoms with van der Waals surface area (Å²) in [7, 11) is 1.30. The van der Waals surface area contributed by atoms with E-state index in [-0.39, 0.29) is 26.2 Å². The Kier molecular flexibility index (Phi) is 36.9. The number of carbonyl (C=O) groups excluding carboxylic acids is 1. The summed E-state index contributed by atoms with van der Waals surface area (Å²) < 4.78 is 34.5. The topological polar surface area (TPSA) is 94.1 Å². The molecule has 8 nitrogen and oxygen atoms in total. The van der Waals surface area contributed by atoms with Crippen LogP contribution in [-0.4, -0.2) is 70.7 Å². The van der Waals surface area contributed by atoms with Crippen LogP contribution in [-0.2, 0) is 27.9 Å². The zero-order valence-electron chi connectivity index (χ0n) is 35.6. The molecule has 0 saturated heterocycles. The molecule has 0 saturated carbocycles. The van der Waals surface area contributed by atoms with Gasteiger partial charge in [-0.3, -0.25) is 9.36 Å². The number of quaternary nitrogens is 1. The smallest absolute Gasteiger partial charge is 0.306 e. The number of hydrogen-bond acceptors (Lipinski definition) is 7. The van der Waals surface area contributed by atoms with E-state index in [1.165, 1.54) is 44.9 Å². The molecule has 316 valence electrons. The summed E-state index contributed by atoms with van der Waals surface area (Å²) in [5.74, 6) is -0.398. The number of phosphoric ester groups is 1. The van der Waals surface area contributed by atoms with Gasteiger partial charge in [-0.2, -0.15) is 0 Å². The number of unbranched alkanes of at least 4 members (excludes halogenated alkanes) is 10. The summed E-state index contributed by atoms with van der Waals surface area (Å²) in [5, 5.41) is 0. The number of likely N-dealkylation sites (N-methyl/N-ethyl adjacent to an activating group) is 1. The van der Waals surface area contributed by atoms with Crippen LogP contribution in [0.5, 0.6) is 0 Å². The molecule has 0 aliphatic carbocycles. The van der Waals surface area contributed by atoms with Crippen molar-refractivity contribution in [1.82, 2.24) is 0 Å². The number of phosphoric acid groups is 1. The number of hydrogen-bond donors (Lipinski definition) is 0. The van der Waals surface area contributed by atoms with Crippen molar-refractivity contribution in [2.75, 3.05) is 54.1 Å². The molecular formula is C46H80NO7P. The summed E-state index contributed by atoms with van der Waals surface area (Å²) in [6, 6.07) is 0. The van der Waals surface area contributed by atoms with Gasteiger partial charge in [-0.05, 0) is 83.5 Å². The summed E-state index contributed by atoms with van der Waals surface area (Å²) in [5.41, 5.74) is 0. The molecule has 55 heavy (non-hydrogen) atoms. The first-order valence-corrected chi connectivity index (χ1v) is 22.8. The van der Waals surface area contributed by atoms with Crippen molar-refractivity contribution in [1.29, 1.82) is 0 Å². The second-order valence-corrected chi connectivity index (χ2v) is 16.4. The summed E-state index contributed by atoms with van der Waals surface area (Å²) in [6.07, 6.45) is 50.3. The maximum Gasteiger partial charge on any atom is 0.306 e. The van der Waals surface area contributed by atoms with Crippen molar-refractivity contribution < 1.29 is 37.3 Å². The molecule has 0 aliphatic heterocycles. The van der Waals surface area contributed by atoms with Gasteiger partial charge in [-0.25, -0.2) is 0 Å². The van der Waals surface area contributed by atoms with Crippen LogP contribution in [0.15, 0.2) is 85.1 Å². The molecule has 2 unspecified atom stereocenters. The minimum Gasteiger partial charge on any atom is -0.756 e. The van der Waals surface area contributed by atoms with Crippen molar-refractivity contribution in [3.05, 3.63) is 85.1 Å². The van der Waals surface area contributed by atoms with Gasteiger partial charge in [-0.1, -0.05) is 137 Å². The number of carbonyl (C=O) groups is 1. The molecule has 0 N–H and O–H groups in total. The number of rotatable bonds is 38. The van der Waals surface area contributed by atoms with Crippen LogP contribution in [0.4, 0.5) is 0 Å². The van der Waals surface area contributed by atoms with Crippen LogP contribution in [0.25, 0.3) is 0 Å². The second kappa shape index (κ2) is 38.5. The predicted molar refractivity (Wildman–Crippen MR) is 231 cm³/mol. The van der Waals surface area contributed by atoms with Gasteiger partial charge < -0.3 is 27.9 Å². The van der Waals surface area contributed by atoms with Gasteiger partial charge in [0, 0.05) is 13.0 Å². The number of allylic oxidation sites excluding steroid dienone is 14. The molecule has 0 rings (SSSR count). The standard InChI is InChI=1S/C46H80NO7P/c1-6-8-10-12-14-16-18-20-22-24-25-27-29-31-33-35-37-39-46(48)54-45(44-53-55(49,50)52-42-40-47(3,4)5)43-51-41-38-36-34-32-30-28-26-23-21-19-17-15-13-11-9-7-2/h8,10,14-17,20-23,25,27,31,33,45H,6-7,9,11-13,18-19,24,26,28-30,32,34-44H2,1-5H3/b10-8-,16-14-,17-15-,22-20-,23-21-,27-25-,33-31-. The maximum absolute atomic E-state index is 12.6. The molecule has 0 aromatic rings. The Bertz CT molecular complexity index is 1150. The molecule has 0 aliphatic rings. The highest BCUT2D eigenvalue weighted by Gasteiger charge is 2.20. The van der Waals surface area contributed by atoms with E-state index in [1.54, 1.807) is 0 Å². The molecule has 0 aromatic heterocycles. The zero-order valence-corrected chi connectivity index (χ0v) is 36.5. The third-order valence-corrected chi connectivity index (χ3v) is 9.39. The highest BCUT2D eigenvalue weighted by Crippen LogP contribution is 2.38. The minimum atomic E-state index is -4.55. The monoisotopic (exact) mass is 790 g/mol. The van der Waals surface area contributed by atoms with Crippen molar-refractivity contribution >= 4 is 13.8 Å². The third-order valence-electron chi connectivity index (χ3n) is 8.43. The Balaban J connectivity index is 4.40. The Hall–Kier alpha value is -2.32. The number of esters is 1. The molecule has 0 heterocycles. The van der Waals surface area contributed by atoms with E-state index in [4.69, 9.17) is 18.5 Å². The molecule has 2 atom stereocenters. The molecule has 9 heteroatoms. The van der Waals surface area contributed by atoms with Gasteiger partial charge in [0.15, 0.2) is 0 Å². The fraction of sp³-hybridized carbons (Fsp3) is 0.674. The molecule has 0 bridgehead atoms. The highest BCUT2D eigenvalue weighted by atomic mass is 31.2. The van der Waals surface area contributed by atoms with E-state index in [0.717, 1.165) is 70.6 Å². The number of ether oxygens (including phenoxy) is 2. The predicted octanol–water partition coefficient (Wildman–Crippen LogP) is 11.9. The summed E-state index contributed by atoms with van der Waals surface area (Å²) >= 11 is 0. The summed E-state index contributed by atoms with van der Waals surface area (Å²) in [4.78, 5) is 25.0. The van der Waals surface area contributed by atoms with E-state index >= 15 is 0 Å². The van der Waals surface area contributed by atoms with Crippen LogP contribution in [0.1, 0.15) is 142 Å². The third kappa shape index (κ3) is 42.7. The lowest BCUT2D eigenvalue weighted by atomic mass is 10.1. The van der Waals surface area contributed by atoms with Crippen LogP contribution in [0, 0.1) is 0 Å². The van der Waals surface area contributed by atoms with Gasteiger partial charge in [0.2, 0.25) is 0 Å². The molecule has 0 spiro atoms. The quantitative estimate of drug-likeness (QED) is 0.0202. The Morgan fingerprint density at radius 2 is 1.05 bits per heavy atom.